The van der Waals surface area contributed by atoms with E-state index in [4.69, 9.17) is 9.47 Å². The molecule has 38 heavy (non-hydrogen) atoms. The largest absolute Gasteiger partial charge is 0.504 e. The summed E-state index contributed by atoms with van der Waals surface area (Å²) in [7, 11) is 1.44. The van der Waals surface area contributed by atoms with Gasteiger partial charge in [-0.05, 0) is 61.4 Å². The van der Waals surface area contributed by atoms with Crippen LogP contribution >= 0.6 is 0 Å². The number of carbonyl (C=O) groups excluding carboxylic acids is 2. The SMILES string of the molecule is COc1cc2c(Oc3ccc(NC(=O)C4(C)CC4)cc3F)ccnc2cc1O.O=CNc1ccc(F)cc1. The predicted molar refractivity (Wildman–Crippen MR) is 138 cm³/mol. The number of nitrogens with zero attached hydrogens (tertiary/aromatic N) is 1. The molecule has 4 aromatic rings. The van der Waals surface area contributed by atoms with Gasteiger partial charge in [-0.2, -0.15) is 0 Å². The van der Waals surface area contributed by atoms with E-state index in [2.05, 4.69) is 15.6 Å². The summed E-state index contributed by atoms with van der Waals surface area (Å²) < 4.78 is 37.6. The number of benzene rings is 3. The lowest BCUT2D eigenvalue weighted by molar-refractivity contribution is -0.120. The van der Waals surface area contributed by atoms with Gasteiger partial charge in [-0.1, -0.05) is 6.92 Å². The van der Waals surface area contributed by atoms with Crippen LogP contribution in [-0.2, 0) is 9.59 Å². The van der Waals surface area contributed by atoms with E-state index in [1.165, 1.54) is 55.8 Å². The first-order valence-corrected chi connectivity index (χ1v) is 11.6. The van der Waals surface area contributed by atoms with E-state index in [9.17, 15) is 23.5 Å². The smallest absolute Gasteiger partial charge is 0.230 e. The molecule has 1 saturated carbocycles. The first-order chi connectivity index (χ1) is 18.2. The number of anilines is 2. The number of nitrogens with one attached hydrogen (secondary N) is 2. The first kappa shape index (κ1) is 26.3. The molecule has 0 spiro atoms. The molecule has 10 heteroatoms. The van der Waals surface area contributed by atoms with Crippen molar-refractivity contribution in [2.75, 3.05) is 17.7 Å². The second-order valence-electron chi connectivity index (χ2n) is 8.88. The molecule has 0 saturated heterocycles. The van der Waals surface area contributed by atoms with Crippen LogP contribution in [0.2, 0.25) is 0 Å². The lowest BCUT2D eigenvalue weighted by atomic mass is 10.1. The van der Waals surface area contributed by atoms with E-state index in [1.807, 2.05) is 6.92 Å². The van der Waals surface area contributed by atoms with Crippen LogP contribution in [0.5, 0.6) is 23.0 Å². The minimum atomic E-state index is -0.602. The van der Waals surface area contributed by atoms with E-state index < -0.39 is 5.82 Å². The zero-order valence-corrected chi connectivity index (χ0v) is 20.6. The fraction of sp³-hybridized carbons (Fsp3) is 0.179. The molecule has 8 nitrogen and oxygen atoms in total. The second kappa shape index (κ2) is 11.1. The summed E-state index contributed by atoms with van der Waals surface area (Å²) in [6, 6.07) is 14.5. The van der Waals surface area contributed by atoms with Crippen molar-refractivity contribution in [2.45, 2.75) is 19.8 Å². The molecule has 0 atom stereocenters. The predicted octanol–water partition coefficient (Wildman–Crippen LogP) is 6.01. The van der Waals surface area contributed by atoms with Crippen molar-refractivity contribution in [2.24, 2.45) is 5.41 Å². The van der Waals surface area contributed by atoms with Crippen LogP contribution in [0.1, 0.15) is 19.8 Å². The van der Waals surface area contributed by atoms with Gasteiger partial charge in [0.1, 0.15) is 11.6 Å². The highest BCUT2D eigenvalue weighted by Crippen LogP contribution is 2.46. The van der Waals surface area contributed by atoms with Crippen molar-refractivity contribution in [1.82, 2.24) is 4.98 Å². The number of fused-ring (bicyclic) bond motifs is 1. The van der Waals surface area contributed by atoms with Crippen molar-refractivity contribution in [3.63, 3.8) is 0 Å². The summed E-state index contributed by atoms with van der Waals surface area (Å²) in [5.74, 6) is -0.425. The molecule has 1 aliphatic carbocycles. The fourth-order valence-electron chi connectivity index (χ4n) is 3.48. The molecule has 0 radical (unpaired) electrons. The number of pyridine rings is 1. The number of phenols is 1. The van der Waals surface area contributed by atoms with Crippen molar-refractivity contribution in [1.29, 1.82) is 0 Å². The molecular weight excluding hydrogens is 496 g/mol. The zero-order chi connectivity index (χ0) is 27.3. The quantitative estimate of drug-likeness (QED) is 0.257. The minimum Gasteiger partial charge on any atom is -0.504 e. The van der Waals surface area contributed by atoms with Gasteiger partial charge in [0.2, 0.25) is 12.3 Å². The number of amides is 2. The summed E-state index contributed by atoms with van der Waals surface area (Å²) in [5.41, 5.74) is 1.12. The molecule has 3 aromatic carbocycles. The van der Waals surface area contributed by atoms with Crippen LogP contribution in [0.25, 0.3) is 10.9 Å². The van der Waals surface area contributed by atoms with Crippen LogP contribution < -0.4 is 20.1 Å². The van der Waals surface area contributed by atoms with Crippen molar-refractivity contribution in [3.8, 4) is 23.0 Å². The number of hydrogen-bond donors (Lipinski definition) is 3. The van der Waals surface area contributed by atoms with Crippen LogP contribution in [0, 0.1) is 17.0 Å². The van der Waals surface area contributed by atoms with Gasteiger partial charge in [0.25, 0.3) is 0 Å². The van der Waals surface area contributed by atoms with E-state index in [0.717, 1.165) is 12.8 Å². The zero-order valence-electron chi connectivity index (χ0n) is 20.6. The molecular formula is C28H25F2N3O5. The highest BCUT2D eigenvalue weighted by Gasteiger charge is 2.44. The highest BCUT2D eigenvalue weighted by molar-refractivity contribution is 5.97. The Morgan fingerprint density at radius 2 is 1.71 bits per heavy atom. The molecule has 5 rings (SSSR count). The minimum absolute atomic E-state index is 0.00942. The first-order valence-electron chi connectivity index (χ1n) is 11.6. The highest BCUT2D eigenvalue weighted by atomic mass is 19.1. The lowest BCUT2D eigenvalue weighted by Crippen LogP contribution is -2.21. The molecule has 1 aliphatic rings. The van der Waals surface area contributed by atoms with Crippen LogP contribution in [0.3, 0.4) is 0 Å². The van der Waals surface area contributed by atoms with Gasteiger partial charge in [-0.15, -0.1) is 0 Å². The Morgan fingerprint density at radius 3 is 2.34 bits per heavy atom. The molecule has 0 bridgehead atoms. The summed E-state index contributed by atoms with van der Waals surface area (Å²) in [6.45, 7) is 1.89. The van der Waals surface area contributed by atoms with Gasteiger partial charge in [-0.25, -0.2) is 8.78 Å². The molecule has 3 N–H and O–H groups in total. The summed E-state index contributed by atoms with van der Waals surface area (Å²) in [5, 5.41) is 15.6. The van der Waals surface area contributed by atoms with Gasteiger partial charge in [0.05, 0.1) is 12.6 Å². The summed E-state index contributed by atoms with van der Waals surface area (Å²) in [4.78, 5) is 26.1. The van der Waals surface area contributed by atoms with E-state index in [0.29, 0.717) is 34.4 Å². The fourth-order valence-corrected chi connectivity index (χ4v) is 3.48. The van der Waals surface area contributed by atoms with Crippen LogP contribution in [0.15, 0.2) is 66.9 Å². The third-order valence-corrected chi connectivity index (χ3v) is 6.03. The number of hydrogen-bond acceptors (Lipinski definition) is 6. The topological polar surface area (TPSA) is 110 Å². The number of halogens is 2. The Hall–Kier alpha value is -4.73. The van der Waals surface area contributed by atoms with Gasteiger partial charge in [-0.3, -0.25) is 14.6 Å². The Balaban J connectivity index is 0.000000283. The van der Waals surface area contributed by atoms with Gasteiger partial charge >= 0.3 is 0 Å². The van der Waals surface area contributed by atoms with Crippen LogP contribution in [0.4, 0.5) is 20.2 Å². The Labute approximate surface area is 217 Å². The third-order valence-electron chi connectivity index (χ3n) is 6.03. The van der Waals surface area contributed by atoms with Gasteiger partial charge < -0.3 is 25.2 Å². The van der Waals surface area contributed by atoms with Crippen molar-refractivity contribution < 1.29 is 33.0 Å². The van der Waals surface area contributed by atoms with Crippen molar-refractivity contribution in [3.05, 3.63) is 78.5 Å². The Bertz CT molecular complexity index is 1470. The van der Waals surface area contributed by atoms with E-state index >= 15 is 0 Å². The average Bonchev–Trinajstić information content (AvgIpc) is 3.66. The lowest BCUT2D eigenvalue weighted by Gasteiger charge is -2.13. The van der Waals surface area contributed by atoms with E-state index in [-0.39, 0.29) is 34.4 Å². The maximum atomic E-state index is 14.6. The molecule has 1 heterocycles. The molecule has 196 valence electrons. The Morgan fingerprint density at radius 1 is 1.00 bits per heavy atom. The standard InChI is InChI=1S/C21H19FN2O4.C7H6FNO/c1-21(6-7-21)20(26)24-12-3-4-18(14(22)9-12)28-17-5-8-23-15-11-16(25)19(27-2)10-13(15)17;8-6-1-3-7(4-2-6)9-5-10/h3-5,8-11,25H,6-7H2,1-2H3,(H,24,26);1-5H,(H,9,10). The number of carbonyl (C=O) groups is 2. The maximum absolute atomic E-state index is 14.6. The number of phenolic OH excluding ortho intramolecular Hbond substituents is 1. The molecule has 0 unspecified atom stereocenters. The third kappa shape index (κ3) is 6.15. The summed E-state index contributed by atoms with van der Waals surface area (Å²) >= 11 is 0. The van der Waals surface area contributed by atoms with Gasteiger partial charge in [0, 0.05) is 40.5 Å². The number of ether oxygens (including phenoxy) is 2. The molecule has 2 amide bonds. The molecule has 1 aromatic heterocycles. The van der Waals surface area contributed by atoms with Crippen LogP contribution in [-0.4, -0.2) is 29.5 Å². The number of aromatic hydroxyl groups is 1. The number of aromatic nitrogens is 1. The monoisotopic (exact) mass is 521 g/mol. The van der Waals surface area contributed by atoms with Crippen molar-refractivity contribution >= 4 is 34.6 Å². The normalized spacial score (nSPS) is 13.1. The molecule has 1 fully saturated rings. The number of rotatable bonds is 7. The van der Waals surface area contributed by atoms with E-state index in [1.54, 1.807) is 18.2 Å². The second-order valence-corrected chi connectivity index (χ2v) is 8.88. The maximum Gasteiger partial charge on any atom is 0.230 e. The Kier molecular flexibility index (Phi) is 7.71. The average molecular weight is 522 g/mol. The summed E-state index contributed by atoms with van der Waals surface area (Å²) in [6.07, 6.45) is 3.74. The molecule has 0 aliphatic heterocycles. The van der Waals surface area contributed by atoms with Gasteiger partial charge in [0.15, 0.2) is 23.1 Å². The number of methoxy groups -OCH3 is 1.